The van der Waals surface area contributed by atoms with Crippen molar-refractivity contribution in [3.63, 3.8) is 0 Å². The van der Waals surface area contributed by atoms with E-state index >= 15 is 0 Å². The van der Waals surface area contributed by atoms with Crippen molar-refractivity contribution in [2.75, 3.05) is 0 Å². The third-order valence-electron chi connectivity index (χ3n) is 1.17. The number of phenolic OH excluding ortho intramolecular Hbond substituents is 1. The first-order valence-corrected chi connectivity index (χ1v) is 2.86. The predicted molar refractivity (Wildman–Crippen MR) is 40.3 cm³/mol. The molecule has 1 N–H and O–H groups in total. The summed E-state index contributed by atoms with van der Waals surface area (Å²) in [6.45, 7) is 0. The van der Waals surface area contributed by atoms with Crippen LogP contribution in [0.5, 0.6) is 5.75 Å². The maximum absolute atomic E-state index is 11.9. The van der Waals surface area contributed by atoms with Crippen LogP contribution >= 0.6 is 0 Å². The first kappa shape index (κ1) is 12.4. The molecular weight excluding hydrogens is 196 g/mol. The summed E-state index contributed by atoms with van der Waals surface area (Å²) in [4.78, 5) is 0. The predicted octanol–water partition coefficient (Wildman–Crippen LogP) is 1.76. The fourth-order valence-corrected chi connectivity index (χ4v) is 0.682. The number of aromatic hydroxyl groups is 1. The molecule has 0 bridgehead atoms. The standard InChI is InChI=1S/C7H5F3O.K.H/c8-7(9,10)5-2-1-3-6(11)4-5;;/h1-4,11H;;. The van der Waals surface area contributed by atoms with E-state index in [9.17, 15) is 13.2 Å². The monoisotopic (exact) mass is 202 g/mol. The third-order valence-corrected chi connectivity index (χ3v) is 1.17. The molecule has 0 amide bonds. The van der Waals surface area contributed by atoms with Crippen molar-refractivity contribution in [2.45, 2.75) is 6.18 Å². The molecule has 0 saturated carbocycles. The van der Waals surface area contributed by atoms with Crippen LogP contribution in [-0.2, 0) is 6.18 Å². The van der Waals surface area contributed by atoms with Gasteiger partial charge in [-0.2, -0.15) is 13.2 Å². The first-order chi connectivity index (χ1) is 5.00. The third kappa shape index (κ3) is 3.45. The Morgan fingerprint density at radius 1 is 1.17 bits per heavy atom. The van der Waals surface area contributed by atoms with E-state index < -0.39 is 11.7 Å². The van der Waals surface area contributed by atoms with Gasteiger partial charge in [0, 0.05) is 0 Å². The summed E-state index contributed by atoms with van der Waals surface area (Å²) < 4.78 is 35.6. The van der Waals surface area contributed by atoms with Gasteiger partial charge >= 0.3 is 57.6 Å². The number of rotatable bonds is 0. The molecule has 0 radical (unpaired) electrons. The van der Waals surface area contributed by atoms with Gasteiger partial charge in [-0.25, -0.2) is 0 Å². The van der Waals surface area contributed by atoms with E-state index in [1.54, 1.807) is 0 Å². The van der Waals surface area contributed by atoms with E-state index in [0.717, 1.165) is 12.1 Å². The van der Waals surface area contributed by atoms with Crippen molar-refractivity contribution >= 4 is 51.4 Å². The Kier molecular flexibility index (Phi) is 4.79. The quantitative estimate of drug-likeness (QED) is 0.635. The molecule has 0 fully saturated rings. The normalized spacial score (nSPS) is 10.6. The Balaban J connectivity index is 0.00000121. The Hall–Kier alpha value is 0.446. The van der Waals surface area contributed by atoms with E-state index in [1.165, 1.54) is 6.07 Å². The number of halogens is 3. The van der Waals surface area contributed by atoms with Crippen molar-refractivity contribution in [3.05, 3.63) is 29.8 Å². The topological polar surface area (TPSA) is 20.2 Å². The zero-order valence-corrected chi connectivity index (χ0v) is 5.39. The van der Waals surface area contributed by atoms with Crippen LogP contribution in [0.4, 0.5) is 13.2 Å². The molecule has 0 aromatic heterocycles. The van der Waals surface area contributed by atoms with Crippen LogP contribution in [0.2, 0.25) is 0 Å². The van der Waals surface area contributed by atoms with Gasteiger partial charge in [-0.1, -0.05) is 6.07 Å². The van der Waals surface area contributed by atoms with E-state index in [4.69, 9.17) is 5.11 Å². The van der Waals surface area contributed by atoms with Gasteiger partial charge in [-0.15, -0.1) is 0 Å². The molecule has 0 spiro atoms. The van der Waals surface area contributed by atoms with Gasteiger partial charge < -0.3 is 5.11 Å². The van der Waals surface area contributed by atoms with Gasteiger partial charge in [0.1, 0.15) is 5.75 Å². The summed E-state index contributed by atoms with van der Waals surface area (Å²) in [6, 6.07) is 3.92. The molecule has 0 heterocycles. The molecule has 1 aromatic carbocycles. The molecule has 0 saturated heterocycles. The van der Waals surface area contributed by atoms with Crippen molar-refractivity contribution in [1.29, 1.82) is 0 Å². The molecule has 1 nitrogen and oxygen atoms in total. The molecule has 0 aliphatic rings. The molecule has 12 heavy (non-hydrogen) atoms. The first-order valence-electron chi connectivity index (χ1n) is 2.86. The number of alkyl halides is 3. The van der Waals surface area contributed by atoms with Gasteiger partial charge in [0.25, 0.3) is 0 Å². The molecule has 0 aliphatic carbocycles. The Morgan fingerprint density at radius 3 is 2.08 bits per heavy atom. The second-order valence-electron chi connectivity index (χ2n) is 2.05. The van der Waals surface area contributed by atoms with Crippen molar-refractivity contribution in [2.24, 2.45) is 0 Å². The molecule has 0 aliphatic heterocycles. The van der Waals surface area contributed by atoms with E-state index in [-0.39, 0.29) is 57.1 Å². The average Bonchev–Trinajstić information content (AvgIpc) is 1.86. The van der Waals surface area contributed by atoms with Gasteiger partial charge in [-0.05, 0) is 18.2 Å². The fourth-order valence-electron chi connectivity index (χ4n) is 0.682. The van der Waals surface area contributed by atoms with Crippen LogP contribution in [0.15, 0.2) is 24.3 Å². The van der Waals surface area contributed by atoms with Crippen molar-refractivity contribution < 1.29 is 18.3 Å². The van der Waals surface area contributed by atoms with Crippen LogP contribution in [-0.4, -0.2) is 56.5 Å². The summed E-state index contributed by atoms with van der Waals surface area (Å²) in [6.07, 6.45) is -4.38. The summed E-state index contributed by atoms with van der Waals surface area (Å²) in [5.74, 6) is -0.375. The van der Waals surface area contributed by atoms with Crippen LogP contribution in [0.1, 0.15) is 5.56 Å². The second-order valence-corrected chi connectivity index (χ2v) is 2.05. The zero-order chi connectivity index (χ0) is 8.48. The molecular formula is C7H6F3KO. The van der Waals surface area contributed by atoms with Crippen LogP contribution in [0.25, 0.3) is 0 Å². The Morgan fingerprint density at radius 2 is 1.75 bits per heavy atom. The van der Waals surface area contributed by atoms with Crippen molar-refractivity contribution in [1.82, 2.24) is 0 Å². The SMILES string of the molecule is Oc1cccc(C(F)(F)F)c1.[KH]. The van der Waals surface area contributed by atoms with E-state index in [0.29, 0.717) is 6.07 Å². The minimum absolute atomic E-state index is 0. The van der Waals surface area contributed by atoms with E-state index in [1.807, 2.05) is 0 Å². The molecule has 62 valence electrons. The van der Waals surface area contributed by atoms with Crippen LogP contribution < -0.4 is 0 Å². The van der Waals surface area contributed by atoms with Crippen LogP contribution in [0.3, 0.4) is 0 Å². The molecule has 5 heteroatoms. The van der Waals surface area contributed by atoms with E-state index in [2.05, 4.69) is 0 Å². The average molecular weight is 202 g/mol. The summed E-state index contributed by atoms with van der Waals surface area (Å²) in [7, 11) is 0. The van der Waals surface area contributed by atoms with Gasteiger partial charge in [0.05, 0.1) is 5.56 Å². The van der Waals surface area contributed by atoms with Gasteiger partial charge in [0.2, 0.25) is 0 Å². The Bertz CT molecular complexity index is 259. The van der Waals surface area contributed by atoms with Crippen LogP contribution in [0, 0.1) is 0 Å². The maximum atomic E-state index is 11.9. The summed E-state index contributed by atoms with van der Waals surface area (Å²) in [5.41, 5.74) is -0.836. The van der Waals surface area contributed by atoms with Crippen molar-refractivity contribution in [3.8, 4) is 5.75 Å². The fraction of sp³-hybridized carbons (Fsp3) is 0.143. The number of hydrogen-bond donors (Lipinski definition) is 1. The summed E-state index contributed by atoms with van der Waals surface area (Å²) in [5, 5.41) is 8.68. The number of hydrogen-bond acceptors (Lipinski definition) is 1. The Labute approximate surface area is 110 Å². The molecule has 1 rings (SSSR count). The summed E-state index contributed by atoms with van der Waals surface area (Å²) >= 11 is 0. The zero-order valence-electron chi connectivity index (χ0n) is 5.39. The second kappa shape index (κ2) is 4.62. The van der Waals surface area contributed by atoms with Gasteiger partial charge in [-0.3, -0.25) is 0 Å². The van der Waals surface area contributed by atoms with Gasteiger partial charge in [0.15, 0.2) is 0 Å². The number of phenols is 1. The molecule has 0 unspecified atom stereocenters. The molecule has 1 aromatic rings. The minimum atomic E-state index is -4.38. The number of benzene rings is 1. The molecule has 0 atom stereocenters.